The summed E-state index contributed by atoms with van der Waals surface area (Å²) in [5.41, 5.74) is 2.24. The van der Waals surface area contributed by atoms with E-state index in [1.54, 1.807) is 6.20 Å². The number of Topliss-reactive ketones (excluding diaryl/α,β-unsaturated/α-hetero) is 1. The van der Waals surface area contributed by atoms with Crippen molar-refractivity contribution in [1.82, 2.24) is 10.2 Å². The zero-order valence-corrected chi connectivity index (χ0v) is 9.84. The zero-order valence-electron chi connectivity index (χ0n) is 8.26. The molecule has 0 fully saturated rings. The molecule has 0 spiro atoms. The number of rotatable bonds is 0. The number of aromatic nitrogens is 2. The second-order valence-corrected chi connectivity index (χ2v) is 4.72. The van der Waals surface area contributed by atoms with Gasteiger partial charge in [0.1, 0.15) is 0 Å². The lowest BCUT2D eigenvalue weighted by atomic mass is 9.88. The summed E-state index contributed by atoms with van der Waals surface area (Å²) in [7, 11) is 0. The minimum atomic E-state index is -1.37. The van der Waals surface area contributed by atoms with Crippen LogP contribution in [0.15, 0.2) is 16.7 Å². The molecule has 1 unspecified atom stereocenters. The number of benzene rings is 1. The first kappa shape index (κ1) is 9.96. The maximum Gasteiger partial charge on any atom is 0.198 e. The smallest absolute Gasteiger partial charge is 0.198 e. The van der Waals surface area contributed by atoms with Gasteiger partial charge in [0, 0.05) is 15.4 Å². The summed E-state index contributed by atoms with van der Waals surface area (Å²) in [4.78, 5) is 11.8. The molecule has 2 aromatic rings. The quantitative estimate of drug-likeness (QED) is 0.808. The molecule has 1 aliphatic rings. The van der Waals surface area contributed by atoms with Gasteiger partial charge >= 0.3 is 0 Å². The monoisotopic (exact) mass is 282 g/mol. The van der Waals surface area contributed by atoms with Gasteiger partial charge in [-0.3, -0.25) is 9.89 Å². The van der Waals surface area contributed by atoms with Crippen LogP contribution in [0, 0.1) is 0 Å². The molecule has 1 aliphatic carbocycles. The van der Waals surface area contributed by atoms with Gasteiger partial charge in [-0.15, -0.1) is 0 Å². The molecule has 16 heavy (non-hydrogen) atoms. The second kappa shape index (κ2) is 3.38. The number of fused-ring (bicyclic) bond motifs is 2. The standard InChI is InChI=1S/C11H8BrFN2O/c12-10-6-4-14-15-8(6)3-5-1-2-7(13)11(16)9(5)10/h3-4,7H,1-2H2,(H,14,15). The van der Waals surface area contributed by atoms with E-state index in [0.717, 1.165) is 16.5 Å². The molecular weight excluding hydrogens is 275 g/mol. The Morgan fingerprint density at radius 1 is 1.56 bits per heavy atom. The number of hydrogen-bond donors (Lipinski definition) is 1. The summed E-state index contributed by atoms with van der Waals surface area (Å²) in [6.07, 6.45) is 1.14. The molecule has 1 atom stereocenters. The van der Waals surface area contributed by atoms with E-state index in [4.69, 9.17) is 0 Å². The highest BCUT2D eigenvalue weighted by molar-refractivity contribution is 9.10. The minimum Gasteiger partial charge on any atom is -0.291 e. The summed E-state index contributed by atoms with van der Waals surface area (Å²) in [6, 6.07) is 1.88. The van der Waals surface area contributed by atoms with Crippen LogP contribution in [0.1, 0.15) is 22.3 Å². The van der Waals surface area contributed by atoms with Gasteiger partial charge in [0.15, 0.2) is 12.0 Å². The van der Waals surface area contributed by atoms with Crippen LogP contribution in [-0.4, -0.2) is 22.2 Å². The number of halogens is 2. The molecule has 0 bridgehead atoms. The number of carbonyl (C=O) groups is 1. The van der Waals surface area contributed by atoms with E-state index < -0.39 is 12.0 Å². The van der Waals surface area contributed by atoms with Crippen molar-refractivity contribution in [3.8, 4) is 0 Å². The number of nitrogens with zero attached hydrogens (tertiary/aromatic N) is 1. The summed E-state index contributed by atoms with van der Waals surface area (Å²) < 4.78 is 14.0. The highest BCUT2D eigenvalue weighted by atomic mass is 79.9. The first-order valence-electron chi connectivity index (χ1n) is 5.01. The van der Waals surface area contributed by atoms with Gasteiger partial charge in [0.25, 0.3) is 0 Å². The van der Waals surface area contributed by atoms with Gasteiger partial charge in [-0.2, -0.15) is 5.10 Å². The first-order chi connectivity index (χ1) is 7.68. The third-order valence-corrected chi connectivity index (χ3v) is 3.79. The normalized spacial score (nSPS) is 20.1. The molecule has 1 N–H and O–H groups in total. The lowest BCUT2D eigenvalue weighted by Crippen LogP contribution is -2.24. The second-order valence-electron chi connectivity index (χ2n) is 3.93. The predicted octanol–water partition coefficient (Wildman–Crippen LogP) is 2.79. The van der Waals surface area contributed by atoms with E-state index >= 15 is 0 Å². The van der Waals surface area contributed by atoms with Crippen molar-refractivity contribution >= 4 is 32.6 Å². The number of aryl methyl sites for hydroxylation is 1. The van der Waals surface area contributed by atoms with Crippen molar-refractivity contribution < 1.29 is 9.18 Å². The predicted molar refractivity (Wildman–Crippen MR) is 61.3 cm³/mol. The Kier molecular flexibility index (Phi) is 2.10. The van der Waals surface area contributed by atoms with Crippen LogP contribution in [-0.2, 0) is 6.42 Å². The fraction of sp³-hybridized carbons (Fsp3) is 0.273. The van der Waals surface area contributed by atoms with E-state index in [0.29, 0.717) is 16.5 Å². The number of aromatic amines is 1. The van der Waals surface area contributed by atoms with Crippen LogP contribution in [0.4, 0.5) is 4.39 Å². The number of hydrogen-bond acceptors (Lipinski definition) is 2. The molecule has 0 saturated carbocycles. The average Bonchev–Trinajstić information content (AvgIpc) is 2.72. The van der Waals surface area contributed by atoms with Crippen molar-refractivity contribution in [1.29, 1.82) is 0 Å². The Morgan fingerprint density at radius 2 is 2.38 bits per heavy atom. The maximum atomic E-state index is 13.4. The number of alkyl halides is 1. The fourth-order valence-electron chi connectivity index (χ4n) is 2.14. The third-order valence-electron chi connectivity index (χ3n) is 2.96. The molecule has 1 aromatic carbocycles. The highest BCUT2D eigenvalue weighted by Crippen LogP contribution is 2.34. The molecule has 82 valence electrons. The number of nitrogens with one attached hydrogen (secondary N) is 1. The maximum absolute atomic E-state index is 13.4. The van der Waals surface area contributed by atoms with Crippen molar-refractivity contribution in [2.45, 2.75) is 19.0 Å². The Labute approximate surface area is 99.2 Å². The number of carbonyl (C=O) groups excluding carboxylic acids is 1. The van der Waals surface area contributed by atoms with Crippen molar-refractivity contribution in [3.05, 3.63) is 27.9 Å². The van der Waals surface area contributed by atoms with Gasteiger partial charge in [0.2, 0.25) is 0 Å². The van der Waals surface area contributed by atoms with Crippen LogP contribution in [0.5, 0.6) is 0 Å². The largest absolute Gasteiger partial charge is 0.291 e. The Morgan fingerprint density at radius 3 is 3.19 bits per heavy atom. The Hall–Kier alpha value is -1.23. The minimum absolute atomic E-state index is 0.276. The molecule has 1 aromatic heterocycles. The lowest BCUT2D eigenvalue weighted by molar-refractivity contribution is 0.0855. The average molecular weight is 283 g/mol. The topological polar surface area (TPSA) is 45.8 Å². The van der Waals surface area contributed by atoms with Gasteiger partial charge in [0.05, 0.1) is 11.7 Å². The Bertz CT molecular complexity index is 593. The van der Waals surface area contributed by atoms with E-state index in [1.165, 1.54) is 0 Å². The van der Waals surface area contributed by atoms with E-state index in [1.807, 2.05) is 6.07 Å². The summed E-state index contributed by atoms with van der Waals surface area (Å²) in [6.45, 7) is 0. The fourth-order valence-corrected chi connectivity index (χ4v) is 2.90. The first-order valence-corrected chi connectivity index (χ1v) is 5.80. The summed E-state index contributed by atoms with van der Waals surface area (Å²) >= 11 is 3.37. The van der Waals surface area contributed by atoms with Crippen molar-refractivity contribution in [3.63, 3.8) is 0 Å². The summed E-state index contributed by atoms with van der Waals surface area (Å²) in [5.74, 6) is -0.420. The zero-order chi connectivity index (χ0) is 11.3. The van der Waals surface area contributed by atoms with Crippen molar-refractivity contribution in [2.75, 3.05) is 0 Å². The van der Waals surface area contributed by atoms with Gasteiger partial charge < -0.3 is 0 Å². The molecule has 3 nitrogen and oxygen atoms in total. The highest BCUT2D eigenvalue weighted by Gasteiger charge is 2.30. The molecule has 3 rings (SSSR count). The molecule has 0 amide bonds. The van der Waals surface area contributed by atoms with E-state index in [-0.39, 0.29) is 6.42 Å². The molecular formula is C11H8BrFN2O. The van der Waals surface area contributed by atoms with Crippen LogP contribution in [0.25, 0.3) is 10.9 Å². The molecule has 1 heterocycles. The Balaban J connectivity index is 2.36. The van der Waals surface area contributed by atoms with Gasteiger partial charge in [-0.05, 0) is 40.4 Å². The van der Waals surface area contributed by atoms with Crippen molar-refractivity contribution in [2.24, 2.45) is 0 Å². The van der Waals surface area contributed by atoms with Crippen LogP contribution in [0.3, 0.4) is 0 Å². The van der Waals surface area contributed by atoms with Gasteiger partial charge in [-0.25, -0.2) is 4.39 Å². The van der Waals surface area contributed by atoms with E-state index in [2.05, 4.69) is 26.1 Å². The SMILES string of the molecule is O=C1c2c(cc3[nH]ncc3c2Br)CCC1F. The number of H-pyrrole nitrogens is 1. The van der Waals surface area contributed by atoms with Gasteiger partial charge in [-0.1, -0.05) is 0 Å². The molecule has 5 heteroatoms. The van der Waals surface area contributed by atoms with E-state index in [9.17, 15) is 9.18 Å². The molecule has 0 aliphatic heterocycles. The van der Waals surface area contributed by atoms with Crippen LogP contribution >= 0.6 is 15.9 Å². The van der Waals surface area contributed by atoms with Crippen LogP contribution < -0.4 is 0 Å². The lowest BCUT2D eigenvalue weighted by Gasteiger charge is -2.19. The summed E-state index contributed by atoms with van der Waals surface area (Å²) in [5, 5.41) is 7.59. The number of ketones is 1. The third kappa shape index (κ3) is 1.24. The van der Waals surface area contributed by atoms with Crippen LogP contribution in [0.2, 0.25) is 0 Å². The molecule has 0 saturated heterocycles. The molecule has 0 radical (unpaired) electrons.